The molecule has 0 aliphatic carbocycles. The first-order chi connectivity index (χ1) is 9.77. The van der Waals surface area contributed by atoms with Crippen LogP contribution in [0.15, 0.2) is 46.9 Å². The lowest BCUT2D eigenvalue weighted by molar-refractivity contribution is -0.137. The number of aromatic carboxylic acids is 1. The van der Waals surface area contributed by atoms with Gasteiger partial charge in [-0.05, 0) is 42.5 Å². The fraction of sp³-hybridized carbons (Fsp3) is 0.0714. The van der Waals surface area contributed by atoms with Crippen LogP contribution in [-0.2, 0) is 6.18 Å². The molecule has 0 aliphatic heterocycles. The molecule has 0 bridgehead atoms. The van der Waals surface area contributed by atoms with Crippen molar-refractivity contribution in [3.8, 4) is 0 Å². The molecule has 2 rings (SSSR count). The SMILES string of the molecule is O=C(O)c1cc(C(F)(F)F)ccc1Nc1ccc(Br)cc1. The molecule has 2 N–H and O–H groups in total. The van der Waals surface area contributed by atoms with Gasteiger partial charge in [0.2, 0.25) is 0 Å². The summed E-state index contributed by atoms with van der Waals surface area (Å²) in [5.74, 6) is -1.43. The fourth-order valence-corrected chi connectivity index (χ4v) is 1.96. The Labute approximate surface area is 126 Å². The summed E-state index contributed by atoms with van der Waals surface area (Å²) in [5.41, 5.74) is -0.771. The van der Waals surface area contributed by atoms with Crippen molar-refractivity contribution in [2.75, 3.05) is 5.32 Å². The van der Waals surface area contributed by atoms with Crippen molar-refractivity contribution in [2.45, 2.75) is 6.18 Å². The van der Waals surface area contributed by atoms with E-state index in [2.05, 4.69) is 21.2 Å². The van der Waals surface area contributed by atoms with Gasteiger partial charge in [0, 0.05) is 10.2 Å². The van der Waals surface area contributed by atoms with Gasteiger partial charge < -0.3 is 10.4 Å². The fourth-order valence-electron chi connectivity index (χ4n) is 1.70. The van der Waals surface area contributed by atoms with Crippen molar-refractivity contribution in [1.29, 1.82) is 0 Å². The van der Waals surface area contributed by atoms with E-state index in [1.165, 1.54) is 0 Å². The third kappa shape index (κ3) is 3.75. The van der Waals surface area contributed by atoms with Gasteiger partial charge in [-0.2, -0.15) is 13.2 Å². The van der Waals surface area contributed by atoms with E-state index in [1.807, 2.05) is 0 Å². The van der Waals surface area contributed by atoms with Crippen molar-refractivity contribution >= 4 is 33.3 Å². The molecule has 110 valence electrons. The topological polar surface area (TPSA) is 49.3 Å². The third-order valence-electron chi connectivity index (χ3n) is 2.70. The van der Waals surface area contributed by atoms with Gasteiger partial charge in [0.1, 0.15) is 0 Å². The summed E-state index contributed by atoms with van der Waals surface area (Å²) < 4.78 is 38.7. The zero-order chi connectivity index (χ0) is 15.6. The van der Waals surface area contributed by atoms with Crippen LogP contribution >= 0.6 is 15.9 Å². The highest BCUT2D eigenvalue weighted by atomic mass is 79.9. The summed E-state index contributed by atoms with van der Waals surface area (Å²) in [5, 5.41) is 11.9. The van der Waals surface area contributed by atoms with Gasteiger partial charge in [-0.1, -0.05) is 15.9 Å². The Morgan fingerprint density at radius 2 is 1.71 bits per heavy atom. The third-order valence-corrected chi connectivity index (χ3v) is 3.23. The molecule has 0 aliphatic rings. The molecule has 0 saturated heterocycles. The minimum atomic E-state index is -4.58. The Balaban J connectivity index is 2.39. The van der Waals surface area contributed by atoms with Gasteiger partial charge in [0.25, 0.3) is 0 Å². The second-order valence-corrected chi connectivity index (χ2v) is 5.11. The van der Waals surface area contributed by atoms with E-state index in [4.69, 9.17) is 5.11 Å². The lowest BCUT2D eigenvalue weighted by atomic mass is 10.1. The van der Waals surface area contributed by atoms with Gasteiger partial charge in [0.05, 0.1) is 16.8 Å². The Bertz CT molecular complexity index is 669. The highest BCUT2D eigenvalue weighted by Crippen LogP contribution is 2.32. The predicted octanol–water partition coefficient (Wildman–Crippen LogP) is 4.91. The molecule has 0 atom stereocenters. The first-order valence-corrected chi connectivity index (χ1v) is 6.54. The number of hydrogen-bond acceptors (Lipinski definition) is 2. The molecule has 0 amide bonds. The maximum Gasteiger partial charge on any atom is 0.416 e. The number of carboxylic acid groups (broad SMARTS) is 1. The predicted molar refractivity (Wildman–Crippen MR) is 75.8 cm³/mol. The number of anilines is 2. The molecular weight excluding hydrogens is 351 g/mol. The van der Waals surface area contributed by atoms with Crippen LogP contribution in [0.2, 0.25) is 0 Å². The standard InChI is InChI=1S/C14H9BrF3NO2/c15-9-2-4-10(5-3-9)19-12-6-1-8(14(16,17)18)7-11(12)13(20)21/h1-7,19H,(H,20,21). The van der Waals surface area contributed by atoms with Gasteiger partial charge in [-0.15, -0.1) is 0 Å². The molecular formula is C14H9BrF3NO2. The van der Waals surface area contributed by atoms with E-state index in [0.29, 0.717) is 11.8 Å². The van der Waals surface area contributed by atoms with Crippen LogP contribution in [-0.4, -0.2) is 11.1 Å². The molecule has 3 nitrogen and oxygen atoms in total. The number of benzene rings is 2. The Morgan fingerprint density at radius 3 is 2.24 bits per heavy atom. The summed E-state index contributed by atoms with van der Waals surface area (Å²) >= 11 is 3.25. The molecule has 0 fully saturated rings. The molecule has 0 saturated carbocycles. The summed E-state index contributed by atoms with van der Waals surface area (Å²) in [4.78, 5) is 11.1. The number of rotatable bonds is 3. The monoisotopic (exact) mass is 359 g/mol. The molecule has 2 aromatic rings. The van der Waals surface area contributed by atoms with Crippen molar-refractivity contribution in [2.24, 2.45) is 0 Å². The molecule has 21 heavy (non-hydrogen) atoms. The second kappa shape index (κ2) is 5.77. The molecule has 0 aromatic heterocycles. The number of alkyl halides is 3. The second-order valence-electron chi connectivity index (χ2n) is 4.20. The highest BCUT2D eigenvalue weighted by Gasteiger charge is 2.31. The van der Waals surface area contributed by atoms with Gasteiger partial charge in [0.15, 0.2) is 0 Å². The highest BCUT2D eigenvalue weighted by molar-refractivity contribution is 9.10. The van der Waals surface area contributed by atoms with Crippen molar-refractivity contribution < 1.29 is 23.1 Å². The first kappa shape index (κ1) is 15.4. The normalized spacial score (nSPS) is 11.2. The maximum absolute atomic E-state index is 12.6. The van der Waals surface area contributed by atoms with Gasteiger partial charge >= 0.3 is 12.1 Å². The average molecular weight is 360 g/mol. The number of nitrogens with one attached hydrogen (secondary N) is 1. The van der Waals surface area contributed by atoms with E-state index in [9.17, 15) is 18.0 Å². The van der Waals surface area contributed by atoms with E-state index in [0.717, 1.165) is 16.6 Å². The summed E-state index contributed by atoms with van der Waals surface area (Å²) in [6, 6.07) is 9.37. The van der Waals surface area contributed by atoms with Crippen LogP contribution in [0.4, 0.5) is 24.5 Å². The van der Waals surface area contributed by atoms with Crippen LogP contribution in [0, 0.1) is 0 Å². The molecule has 0 heterocycles. The molecule has 0 unspecified atom stereocenters. The number of hydrogen-bond donors (Lipinski definition) is 2. The minimum absolute atomic E-state index is 0.0952. The van der Waals surface area contributed by atoms with Crippen molar-refractivity contribution in [3.63, 3.8) is 0 Å². The zero-order valence-electron chi connectivity index (χ0n) is 10.4. The smallest absolute Gasteiger partial charge is 0.416 e. The van der Waals surface area contributed by atoms with E-state index >= 15 is 0 Å². The Hall–Kier alpha value is -2.02. The number of carbonyl (C=O) groups is 1. The minimum Gasteiger partial charge on any atom is -0.478 e. The van der Waals surface area contributed by atoms with Crippen molar-refractivity contribution in [3.05, 3.63) is 58.1 Å². The maximum atomic E-state index is 12.6. The zero-order valence-corrected chi connectivity index (χ0v) is 12.0. The van der Waals surface area contributed by atoms with Crippen LogP contribution in [0.3, 0.4) is 0 Å². The Kier molecular flexibility index (Phi) is 4.22. The number of carboxylic acids is 1. The van der Waals surface area contributed by atoms with E-state index in [-0.39, 0.29) is 5.69 Å². The van der Waals surface area contributed by atoms with Crippen LogP contribution in [0.1, 0.15) is 15.9 Å². The molecule has 2 aromatic carbocycles. The molecule has 0 spiro atoms. The van der Waals surface area contributed by atoms with Gasteiger partial charge in [-0.25, -0.2) is 4.79 Å². The van der Waals surface area contributed by atoms with Crippen LogP contribution in [0.5, 0.6) is 0 Å². The summed E-state index contributed by atoms with van der Waals surface area (Å²) in [6.07, 6.45) is -4.58. The lowest BCUT2D eigenvalue weighted by Gasteiger charge is -2.13. The van der Waals surface area contributed by atoms with E-state index in [1.54, 1.807) is 24.3 Å². The van der Waals surface area contributed by atoms with Crippen LogP contribution < -0.4 is 5.32 Å². The van der Waals surface area contributed by atoms with Crippen LogP contribution in [0.25, 0.3) is 0 Å². The lowest BCUT2D eigenvalue weighted by Crippen LogP contribution is -2.09. The van der Waals surface area contributed by atoms with Crippen molar-refractivity contribution in [1.82, 2.24) is 0 Å². The summed E-state index contributed by atoms with van der Waals surface area (Å²) in [6.45, 7) is 0. The van der Waals surface area contributed by atoms with E-state index < -0.39 is 23.3 Å². The largest absolute Gasteiger partial charge is 0.478 e. The summed E-state index contributed by atoms with van der Waals surface area (Å²) in [7, 11) is 0. The Morgan fingerprint density at radius 1 is 1.10 bits per heavy atom. The molecule has 0 radical (unpaired) electrons. The number of halogens is 4. The first-order valence-electron chi connectivity index (χ1n) is 5.74. The van der Waals surface area contributed by atoms with Gasteiger partial charge in [-0.3, -0.25) is 0 Å². The average Bonchev–Trinajstić information content (AvgIpc) is 2.40. The molecule has 7 heteroatoms. The quantitative estimate of drug-likeness (QED) is 0.818.